The minimum atomic E-state index is 0.416. The van der Waals surface area contributed by atoms with Crippen LogP contribution < -0.4 is 5.32 Å². The lowest BCUT2D eigenvalue weighted by Gasteiger charge is -2.23. The van der Waals surface area contributed by atoms with E-state index in [-0.39, 0.29) is 0 Å². The van der Waals surface area contributed by atoms with E-state index >= 15 is 0 Å². The molecule has 0 aliphatic carbocycles. The molecule has 1 atom stereocenters. The molecule has 4 rings (SSSR count). The number of benzene rings is 1. The molecule has 1 saturated heterocycles. The van der Waals surface area contributed by atoms with Crippen LogP contribution in [0.2, 0.25) is 0 Å². The predicted octanol–water partition coefficient (Wildman–Crippen LogP) is 3.20. The number of nitrogens with zero attached hydrogens (tertiary/aromatic N) is 3. The zero-order valence-electron chi connectivity index (χ0n) is 14.1. The molecule has 1 aromatic carbocycles. The van der Waals surface area contributed by atoms with Crippen LogP contribution in [0.5, 0.6) is 0 Å². The van der Waals surface area contributed by atoms with E-state index < -0.39 is 0 Å². The van der Waals surface area contributed by atoms with Gasteiger partial charge in [-0.15, -0.1) is 0 Å². The first-order valence-electron chi connectivity index (χ1n) is 8.75. The number of aromatic nitrogens is 3. The van der Waals surface area contributed by atoms with Gasteiger partial charge in [0.15, 0.2) is 0 Å². The first-order valence-corrected chi connectivity index (χ1v) is 8.75. The molecule has 3 heterocycles. The molecule has 0 saturated carbocycles. The van der Waals surface area contributed by atoms with Gasteiger partial charge in [0.2, 0.25) is 0 Å². The molecule has 25 heavy (non-hydrogen) atoms. The van der Waals surface area contributed by atoms with Gasteiger partial charge in [-0.25, -0.2) is 4.68 Å². The van der Waals surface area contributed by atoms with Gasteiger partial charge in [0.25, 0.3) is 0 Å². The molecular weight excluding hydrogens is 312 g/mol. The van der Waals surface area contributed by atoms with E-state index in [1.54, 1.807) is 0 Å². The third-order valence-electron chi connectivity index (χ3n) is 4.51. The molecule has 3 aromatic rings. The molecule has 2 aromatic heterocycles. The van der Waals surface area contributed by atoms with Crippen LogP contribution >= 0.6 is 0 Å². The van der Waals surface area contributed by atoms with E-state index in [9.17, 15) is 0 Å². The predicted molar refractivity (Wildman–Crippen MR) is 97.5 cm³/mol. The summed E-state index contributed by atoms with van der Waals surface area (Å²) < 4.78 is 7.52. The monoisotopic (exact) mass is 334 g/mol. The molecule has 5 heteroatoms. The van der Waals surface area contributed by atoms with Gasteiger partial charge >= 0.3 is 0 Å². The van der Waals surface area contributed by atoms with Crippen LogP contribution in [0.15, 0.2) is 61.1 Å². The molecular formula is C20H22N4O. The molecule has 1 fully saturated rings. The molecule has 1 N–H and O–H groups in total. The Balaban J connectivity index is 1.62. The number of rotatable bonds is 5. The zero-order chi connectivity index (χ0) is 16.9. The minimum absolute atomic E-state index is 0.416. The van der Waals surface area contributed by atoms with Gasteiger partial charge in [-0.05, 0) is 37.1 Å². The van der Waals surface area contributed by atoms with Crippen LogP contribution in [0.3, 0.4) is 0 Å². The van der Waals surface area contributed by atoms with Gasteiger partial charge in [-0.2, -0.15) is 5.10 Å². The first-order chi connectivity index (χ1) is 12.4. The second-order valence-corrected chi connectivity index (χ2v) is 6.31. The smallest absolute Gasteiger partial charge is 0.0973 e. The Labute approximate surface area is 147 Å². The zero-order valence-corrected chi connectivity index (χ0v) is 14.1. The lowest BCUT2D eigenvalue weighted by atomic mass is 10.1. The van der Waals surface area contributed by atoms with E-state index in [0.29, 0.717) is 6.04 Å². The van der Waals surface area contributed by atoms with Gasteiger partial charge in [-0.1, -0.05) is 18.2 Å². The Hall–Kier alpha value is -2.50. The molecule has 0 spiro atoms. The third kappa shape index (κ3) is 3.78. The van der Waals surface area contributed by atoms with Crippen molar-refractivity contribution in [3.8, 4) is 16.9 Å². The second-order valence-electron chi connectivity index (χ2n) is 6.31. The summed E-state index contributed by atoms with van der Waals surface area (Å²) in [5.41, 5.74) is 4.32. The maximum Gasteiger partial charge on any atom is 0.0973 e. The average Bonchev–Trinajstić information content (AvgIpc) is 3.13. The van der Waals surface area contributed by atoms with Crippen molar-refractivity contribution >= 4 is 0 Å². The van der Waals surface area contributed by atoms with Crippen molar-refractivity contribution in [2.75, 3.05) is 13.2 Å². The highest BCUT2D eigenvalue weighted by molar-refractivity contribution is 5.62. The molecule has 1 unspecified atom stereocenters. The molecule has 1 aliphatic heterocycles. The van der Waals surface area contributed by atoms with Crippen LogP contribution in [0.25, 0.3) is 16.9 Å². The fourth-order valence-corrected chi connectivity index (χ4v) is 3.16. The number of pyridine rings is 1. The number of ether oxygens (including phenoxy) is 1. The fraction of sp³-hybridized carbons (Fsp3) is 0.300. The van der Waals surface area contributed by atoms with Crippen molar-refractivity contribution in [1.29, 1.82) is 0 Å². The van der Waals surface area contributed by atoms with Crippen molar-refractivity contribution < 1.29 is 4.74 Å². The maximum atomic E-state index is 5.57. The highest BCUT2D eigenvalue weighted by Gasteiger charge is 2.16. The number of para-hydroxylation sites is 1. The van der Waals surface area contributed by atoms with Gasteiger partial charge in [-0.3, -0.25) is 4.98 Å². The largest absolute Gasteiger partial charge is 0.380 e. The number of hydrogen-bond donors (Lipinski definition) is 1. The summed E-state index contributed by atoms with van der Waals surface area (Å²) in [5.74, 6) is 0. The Morgan fingerprint density at radius 2 is 1.96 bits per heavy atom. The van der Waals surface area contributed by atoms with E-state index in [1.807, 2.05) is 47.4 Å². The van der Waals surface area contributed by atoms with Gasteiger partial charge in [0.1, 0.15) is 0 Å². The molecule has 0 radical (unpaired) electrons. The number of hydrogen-bond acceptors (Lipinski definition) is 4. The van der Waals surface area contributed by atoms with Crippen molar-refractivity contribution in [3.63, 3.8) is 0 Å². The summed E-state index contributed by atoms with van der Waals surface area (Å²) in [6.45, 7) is 2.45. The Kier molecular flexibility index (Phi) is 4.86. The van der Waals surface area contributed by atoms with Crippen molar-refractivity contribution in [2.24, 2.45) is 0 Å². The average molecular weight is 334 g/mol. The van der Waals surface area contributed by atoms with Crippen molar-refractivity contribution in [3.05, 3.63) is 66.6 Å². The molecule has 128 valence electrons. The topological polar surface area (TPSA) is 52.0 Å². The third-order valence-corrected chi connectivity index (χ3v) is 4.51. The summed E-state index contributed by atoms with van der Waals surface area (Å²) >= 11 is 0. The minimum Gasteiger partial charge on any atom is -0.380 e. The summed E-state index contributed by atoms with van der Waals surface area (Å²) in [6.07, 6.45) is 8.02. The Bertz CT molecular complexity index is 795. The highest BCUT2D eigenvalue weighted by Crippen LogP contribution is 2.23. The van der Waals surface area contributed by atoms with Crippen LogP contribution in [0.4, 0.5) is 0 Å². The van der Waals surface area contributed by atoms with Crippen LogP contribution in [-0.4, -0.2) is 34.0 Å². The summed E-state index contributed by atoms with van der Waals surface area (Å²) in [6, 6.07) is 14.6. The van der Waals surface area contributed by atoms with Gasteiger partial charge < -0.3 is 10.1 Å². The van der Waals surface area contributed by atoms with Gasteiger partial charge in [0, 0.05) is 48.9 Å². The Morgan fingerprint density at radius 1 is 1.12 bits per heavy atom. The SMILES string of the molecule is c1ccc(-n2cc(CNC3CCCOC3)c(-c3ccncc3)n2)cc1. The summed E-state index contributed by atoms with van der Waals surface area (Å²) in [5, 5.41) is 8.45. The summed E-state index contributed by atoms with van der Waals surface area (Å²) in [7, 11) is 0. The maximum absolute atomic E-state index is 5.57. The first kappa shape index (κ1) is 16.0. The normalized spacial score (nSPS) is 17.5. The molecule has 0 amide bonds. The quantitative estimate of drug-likeness (QED) is 0.778. The highest BCUT2D eigenvalue weighted by atomic mass is 16.5. The second kappa shape index (κ2) is 7.59. The molecule has 5 nitrogen and oxygen atoms in total. The van der Waals surface area contributed by atoms with Crippen LogP contribution in [-0.2, 0) is 11.3 Å². The molecule has 1 aliphatic rings. The van der Waals surface area contributed by atoms with Gasteiger partial charge in [0.05, 0.1) is 18.0 Å². The summed E-state index contributed by atoms with van der Waals surface area (Å²) in [4.78, 5) is 4.12. The Morgan fingerprint density at radius 3 is 2.72 bits per heavy atom. The number of nitrogens with one attached hydrogen (secondary N) is 1. The molecule has 0 bridgehead atoms. The lowest BCUT2D eigenvalue weighted by Crippen LogP contribution is -2.36. The van der Waals surface area contributed by atoms with Crippen LogP contribution in [0, 0.1) is 0 Å². The van der Waals surface area contributed by atoms with E-state index in [1.165, 1.54) is 5.56 Å². The van der Waals surface area contributed by atoms with E-state index in [2.05, 4.69) is 28.6 Å². The fourth-order valence-electron chi connectivity index (χ4n) is 3.16. The lowest BCUT2D eigenvalue weighted by molar-refractivity contribution is 0.0699. The van der Waals surface area contributed by atoms with Crippen LogP contribution in [0.1, 0.15) is 18.4 Å². The standard InChI is InChI=1S/C20H22N4O/c1-2-6-19(7-3-1)24-14-17(13-22-18-5-4-12-25-15-18)20(23-24)16-8-10-21-11-9-16/h1-3,6-11,14,18,22H,4-5,12-13,15H2. The van der Waals surface area contributed by atoms with Crippen molar-refractivity contribution in [1.82, 2.24) is 20.1 Å². The van der Waals surface area contributed by atoms with E-state index in [0.717, 1.165) is 49.5 Å². The van der Waals surface area contributed by atoms with Crippen molar-refractivity contribution in [2.45, 2.75) is 25.4 Å². The van der Waals surface area contributed by atoms with E-state index in [4.69, 9.17) is 9.84 Å².